The Morgan fingerprint density at radius 3 is 2.21 bits per heavy atom. The molecule has 2 saturated heterocycles. The van der Waals surface area contributed by atoms with E-state index in [0.717, 1.165) is 26.1 Å². The van der Waals surface area contributed by atoms with Gasteiger partial charge in [0.1, 0.15) is 5.69 Å². The molecule has 2 aliphatic rings. The maximum atomic E-state index is 13.1. The highest BCUT2D eigenvalue weighted by molar-refractivity contribution is 7.89. The summed E-state index contributed by atoms with van der Waals surface area (Å²) in [5.74, 6) is 0. The lowest BCUT2D eigenvalue weighted by atomic mass is 10.1. The van der Waals surface area contributed by atoms with Crippen LogP contribution in [0.5, 0.6) is 0 Å². The molecule has 2 heterocycles. The summed E-state index contributed by atoms with van der Waals surface area (Å²) in [6, 6.07) is 14.7. The molecule has 2 fully saturated rings. The quantitative estimate of drug-likeness (QED) is 0.448. The van der Waals surface area contributed by atoms with Crippen LogP contribution >= 0.6 is 0 Å². The van der Waals surface area contributed by atoms with E-state index >= 15 is 0 Å². The Labute approximate surface area is 195 Å². The summed E-state index contributed by atoms with van der Waals surface area (Å²) in [7, 11) is -1.81. The van der Waals surface area contributed by atoms with E-state index in [9.17, 15) is 18.5 Å². The van der Waals surface area contributed by atoms with Crippen molar-refractivity contribution in [3.05, 3.63) is 64.2 Å². The van der Waals surface area contributed by atoms with Gasteiger partial charge in [0, 0.05) is 65.0 Å². The third kappa shape index (κ3) is 5.52. The molecule has 0 atom stereocenters. The largest absolute Gasteiger partial charge is 0.363 e. The predicted octanol–water partition coefficient (Wildman–Crippen LogP) is 1.90. The van der Waals surface area contributed by atoms with Crippen LogP contribution in [-0.4, -0.2) is 93.4 Å². The molecular formula is C23H31N5O4S. The highest BCUT2D eigenvalue weighted by Gasteiger charge is 2.31. The number of likely N-dealkylation sites (N-methyl/N-ethyl adjacent to an activating group) is 1. The van der Waals surface area contributed by atoms with Crippen LogP contribution in [0.3, 0.4) is 0 Å². The molecule has 4 rings (SSSR count). The molecule has 2 aliphatic heterocycles. The van der Waals surface area contributed by atoms with Crippen molar-refractivity contribution in [1.82, 2.24) is 14.1 Å². The summed E-state index contributed by atoms with van der Waals surface area (Å²) in [5.41, 5.74) is 1.63. The number of anilines is 1. The molecule has 0 saturated carbocycles. The first-order valence-electron chi connectivity index (χ1n) is 11.3. The van der Waals surface area contributed by atoms with Gasteiger partial charge in [-0.05, 0) is 31.2 Å². The van der Waals surface area contributed by atoms with Gasteiger partial charge in [-0.15, -0.1) is 0 Å². The van der Waals surface area contributed by atoms with Crippen molar-refractivity contribution >= 4 is 21.4 Å². The van der Waals surface area contributed by atoms with Crippen LogP contribution < -0.4 is 4.90 Å². The SMILES string of the molecule is CN1CCN(S(=O)(=O)c2ccc(N3CCN(CCc4ccccc4)CC3)c([N+](=O)[O-])c2)CC1. The van der Waals surface area contributed by atoms with E-state index in [4.69, 9.17) is 0 Å². The van der Waals surface area contributed by atoms with Crippen molar-refractivity contribution in [2.45, 2.75) is 11.3 Å². The molecule has 0 N–H and O–H groups in total. The van der Waals surface area contributed by atoms with Gasteiger partial charge in [-0.3, -0.25) is 15.0 Å². The summed E-state index contributed by atoms with van der Waals surface area (Å²) in [6.07, 6.45) is 0.972. The van der Waals surface area contributed by atoms with Gasteiger partial charge < -0.3 is 9.80 Å². The number of nitro benzene ring substituents is 1. The Morgan fingerprint density at radius 1 is 0.909 bits per heavy atom. The number of hydrogen-bond acceptors (Lipinski definition) is 7. The summed E-state index contributed by atoms with van der Waals surface area (Å²) in [5, 5.41) is 11.8. The summed E-state index contributed by atoms with van der Waals surface area (Å²) in [6.45, 7) is 5.97. The highest BCUT2D eigenvalue weighted by atomic mass is 32.2. The Balaban J connectivity index is 1.43. The average Bonchev–Trinajstić information content (AvgIpc) is 2.83. The lowest BCUT2D eigenvalue weighted by Crippen LogP contribution is -2.47. The molecule has 0 aromatic heterocycles. The first-order valence-corrected chi connectivity index (χ1v) is 12.8. The molecule has 0 aliphatic carbocycles. The number of benzene rings is 2. The molecule has 178 valence electrons. The molecule has 2 aromatic carbocycles. The number of nitro groups is 1. The Morgan fingerprint density at radius 2 is 1.58 bits per heavy atom. The van der Waals surface area contributed by atoms with Crippen LogP contribution in [0.1, 0.15) is 5.56 Å². The molecule has 0 spiro atoms. The van der Waals surface area contributed by atoms with Crippen LogP contribution in [0.2, 0.25) is 0 Å². The molecule has 0 amide bonds. The number of piperazine rings is 2. The van der Waals surface area contributed by atoms with Gasteiger partial charge in [-0.2, -0.15) is 4.31 Å². The zero-order valence-corrected chi connectivity index (χ0v) is 19.8. The first kappa shape index (κ1) is 23.6. The monoisotopic (exact) mass is 473 g/mol. The molecule has 0 radical (unpaired) electrons. The van der Waals surface area contributed by atoms with E-state index in [1.807, 2.05) is 30.1 Å². The fraction of sp³-hybridized carbons (Fsp3) is 0.478. The van der Waals surface area contributed by atoms with Crippen molar-refractivity contribution < 1.29 is 13.3 Å². The molecule has 0 unspecified atom stereocenters. The van der Waals surface area contributed by atoms with Crippen LogP contribution in [0.25, 0.3) is 0 Å². The average molecular weight is 474 g/mol. The van der Waals surface area contributed by atoms with Crippen molar-refractivity contribution in [3.8, 4) is 0 Å². The standard InChI is InChI=1S/C23H31N5O4S/c1-24-11-17-27(18-12-24)33(31,32)21-7-8-22(23(19-21)28(29)30)26-15-13-25(14-16-26)10-9-20-5-3-2-4-6-20/h2-8,19H,9-18H2,1H3. The van der Waals surface area contributed by atoms with E-state index < -0.39 is 14.9 Å². The van der Waals surface area contributed by atoms with E-state index in [2.05, 4.69) is 21.9 Å². The first-order chi connectivity index (χ1) is 15.8. The molecule has 9 nitrogen and oxygen atoms in total. The third-order valence-corrected chi connectivity index (χ3v) is 8.41. The molecule has 2 aromatic rings. The Hall–Kier alpha value is -2.53. The number of nitrogens with zero attached hydrogens (tertiary/aromatic N) is 5. The number of hydrogen-bond donors (Lipinski definition) is 0. The van der Waals surface area contributed by atoms with E-state index in [-0.39, 0.29) is 10.6 Å². The van der Waals surface area contributed by atoms with Gasteiger partial charge >= 0.3 is 0 Å². The van der Waals surface area contributed by atoms with E-state index in [1.165, 1.54) is 22.0 Å². The van der Waals surface area contributed by atoms with Gasteiger partial charge in [0.15, 0.2) is 0 Å². The maximum absolute atomic E-state index is 13.1. The van der Waals surface area contributed by atoms with Crippen molar-refractivity contribution in [2.24, 2.45) is 0 Å². The summed E-state index contributed by atoms with van der Waals surface area (Å²) in [4.78, 5) is 17.8. The van der Waals surface area contributed by atoms with Crippen molar-refractivity contribution in [1.29, 1.82) is 0 Å². The van der Waals surface area contributed by atoms with Crippen LogP contribution in [0.15, 0.2) is 53.4 Å². The normalized spacial score (nSPS) is 19.0. The maximum Gasteiger partial charge on any atom is 0.293 e. The van der Waals surface area contributed by atoms with Gasteiger partial charge in [0.05, 0.1) is 9.82 Å². The van der Waals surface area contributed by atoms with E-state index in [1.54, 1.807) is 6.07 Å². The second-order valence-corrected chi connectivity index (χ2v) is 10.6. The minimum atomic E-state index is -3.76. The van der Waals surface area contributed by atoms with Gasteiger partial charge in [-0.25, -0.2) is 8.42 Å². The second-order valence-electron chi connectivity index (χ2n) is 8.68. The van der Waals surface area contributed by atoms with Gasteiger partial charge in [0.25, 0.3) is 5.69 Å². The predicted molar refractivity (Wildman–Crippen MR) is 128 cm³/mol. The van der Waals surface area contributed by atoms with Gasteiger partial charge in [0.2, 0.25) is 10.0 Å². The lowest BCUT2D eigenvalue weighted by Gasteiger charge is -2.36. The smallest absolute Gasteiger partial charge is 0.293 e. The topological polar surface area (TPSA) is 90.2 Å². The van der Waals surface area contributed by atoms with E-state index in [0.29, 0.717) is 45.0 Å². The van der Waals surface area contributed by atoms with Crippen LogP contribution in [0, 0.1) is 10.1 Å². The van der Waals surface area contributed by atoms with Crippen molar-refractivity contribution in [3.63, 3.8) is 0 Å². The zero-order chi connectivity index (χ0) is 23.4. The van der Waals surface area contributed by atoms with Crippen molar-refractivity contribution in [2.75, 3.05) is 70.9 Å². The molecule has 33 heavy (non-hydrogen) atoms. The van der Waals surface area contributed by atoms with Crippen LogP contribution in [-0.2, 0) is 16.4 Å². The minimum Gasteiger partial charge on any atom is -0.363 e. The number of sulfonamides is 1. The third-order valence-electron chi connectivity index (χ3n) is 6.52. The summed E-state index contributed by atoms with van der Waals surface area (Å²) < 4.78 is 27.5. The Kier molecular flexibility index (Phi) is 7.28. The molecular weight excluding hydrogens is 442 g/mol. The summed E-state index contributed by atoms with van der Waals surface area (Å²) >= 11 is 0. The minimum absolute atomic E-state index is 0.0102. The zero-order valence-electron chi connectivity index (χ0n) is 19.0. The molecule has 10 heteroatoms. The fourth-order valence-corrected chi connectivity index (χ4v) is 5.84. The molecule has 0 bridgehead atoms. The second kappa shape index (κ2) is 10.2. The highest BCUT2D eigenvalue weighted by Crippen LogP contribution is 2.32. The Bertz CT molecular complexity index is 1060. The fourth-order valence-electron chi connectivity index (χ4n) is 4.40. The van der Waals surface area contributed by atoms with Gasteiger partial charge in [-0.1, -0.05) is 30.3 Å². The number of rotatable bonds is 7. The van der Waals surface area contributed by atoms with Crippen LogP contribution in [0.4, 0.5) is 11.4 Å². The lowest BCUT2D eigenvalue weighted by molar-refractivity contribution is -0.384.